The number of phenols is 1. The van der Waals surface area contributed by atoms with Crippen molar-refractivity contribution in [3.63, 3.8) is 0 Å². The molecule has 9 heteroatoms. The van der Waals surface area contributed by atoms with Crippen LogP contribution >= 0.6 is 11.8 Å². The minimum atomic E-state index is -1.41. The van der Waals surface area contributed by atoms with Crippen LogP contribution in [0.1, 0.15) is 17.5 Å². The summed E-state index contributed by atoms with van der Waals surface area (Å²) in [5.74, 6) is 0.984. The fraction of sp³-hybridized carbons (Fsp3) is 0.652. The van der Waals surface area contributed by atoms with Crippen molar-refractivity contribution in [2.45, 2.75) is 65.5 Å². The van der Waals surface area contributed by atoms with Crippen LogP contribution in [0.2, 0.25) is 0 Å². The molecule has 6 rings (SSSR count). The number of ether oxygens (including phenoxy) is 2. The Morgan fingerprint density at radius 1 is 1.16 bits per heavy atom. The van der Waals surface area contributed by atoms with E-state index in [1.54, 1.807) is 6.07 Å². The van der Waals surface area contributed by atoms with Gasteiger partial charge in [0.25, 0.3) is 0 Å². The zero-order chi connectivity index (χ0) is 22.4. The van der Waals surface area contributed by atoms with Gasteiger partial charge < -0.3 is 39.9 Å². The molecule has 2 saturated heterocycles. The summed E-state index contributed by atoms with van der Waals surface area (Å²) in [6, 6.07) is 4.08. The molecule has 32 heavy (non-hydrogen) atoms. The minimum Gasteiger partial charge on any atom is -0.504 e. The van der Waals surface area contributed by atoms with Crippen LogP contribution in [0.3, 0.4) is 0 Å². The van der Waals surface area contributed by atoms with Gasteiger partial charge in [-0.15, -0.1) is 11.8 Å². The number of likely N-dealkylation sites (N-methyl/N-ethyl adjacent to an activating group) is 1. The molecule has 0 amide bonds. The smallest absolute Gasteiger partial charge is 0.165 e. The molecule has 3 heterocycles. The maximum Gasteiger partial charge on any atom is 0.165 e. The van der Waals surface area contributed by atoms with E-state index in [-0.39, 0.29) is 28.4 Å². The van der Waals surface area contributed by atoms with Gasteiger partial charge in [-0.2, -0.15) is 0 Å². The first-order valence-electron chi connectivity index (χ1n) is 11.2. The fourth-order valence-electron chi connectivity index (χ4n) is 6.67. The molecular formula is C23H29NO7S. The number of aliphatic hydroxyl groups is 4. The summed E-state index contributed by atoms with van der Waals surface area (Å²) in [6.45, 7) is 0.478. The van der Waals surface area contributed by atoms with E-state index in [0.29, 0.717) is 11.8 Å². The van der Waals surface area contributed by atoms with E-state index in [0.717, 1.165) is 24.9 Å². The summed E-state index contributed by atoms with van der Waals surface area (Å²) in [4.78, 5) is 2.41. The fourth-order valence-corrected chi connectivity index (χ4v) is 8.13. The number of thioether (sulfide) groups is 1. The lowest BCUT2D eigenvalue weighted by Gasteiger charge is -2.57. The molecular weight excluding hydrogens is 434 g/mol. The molecule has 2 bridgehead atoms. The van der Waals surface area contributed by atoms with E-state index in [9.17, 15) is 25.5 Å². The van der Waals surface area contributed by atoms with E-state index in [4.69, 9.17) is 9.47 Å². The SMILES string of the molecule is CN1CC[C@]23c4c5ccc(O)c4O[C@H]2[C@H](S[C@@H]2O[C@H](CO)[C@@H](O)[C@H](O)[C@H]2O)C=C[C@H]3[C@H]1C5. The summed E-state index contributed by atoms with van der Waals surface area (Å²) in [5, 5.41) is 50.9. The third-order valence-corrected chi connectivity index (χ3v) is 9.65. The highest BCUT2D eigenvalue weighted by Gasteiger charge is 2.64. The van der Waals surface area contributed by atoms with Crippen molar-refractivity contribution in [2.24, 2.45) is 5.92 Å². The number of hydrogen-bond donors (Lipinski definition) is 5. The third kappa shape index (κ3) is 2.67. The molecule has 1 aromatic carbocycles. The van der Waals surface area contributed by atoms with Crippen molar-refractivity contribution in [3.05, 3.63) is 35.4 Å². The van der Waals surface area contributed by atoms with Crippen LogP contribution in [-0.2, 0) is 16.6 Å². The molecule has 1 aromatic rings. The van der Waals surface area contributed by atoms with Crippen molar-refractivity contribution in [3.8, 4) is 11.5 Å². The van der Waals surface area contributed by atoms with Crippen LogP contribution in [0.15, 0.2) is 24.3 Å². The summed E-state index contributed by atoms with van der Waals surface area (Å²) >= 11 is 1.34. The second-order valence-corrected chi connectivity index (χ2v) is 11.0. The number of aromatic hydroxyl groups is 1. The maximum absolute atomic E-state index is 10.6. The normalized spacial score (nSPS) is 46.6. The molecule has 2 aliphatic carbocycles. The van der Waals surface area contributed by atoms with Gasteiger partial charge in [-0.3, -0.25) is 0 Å². The number of hydrogen-bond acceptors (Lipinski definition) is 9. The first-order valence-corrected chi connectivity index (χ1v) is 12.2. The number of likely N-dealkylation sites (tertiary alicyclic amines) is 1. The molecule has 8 nitrogen and oxygen atoms in total. The molecule has 0 saturated carbocycles. The molecule has 0 radical (unpaired) electrons. The lowest BCUT2D eigenvalue weighted by molar-refractivity contribution is -0.205. The Labute approximate surface area is 190 Å². The predicted octanol–water partition coefficient (Wildman–Crippen LogP) is -0.261. The van der Waals surface area contributed by atoms with E-state index < -0.39 is 36.5 Å². The molecule has 5 N–H and O–H groups in total. The summed E-state index contributed by atoms with van der Waals surface area (Å²) in [7, 11) is 2.16. The average Bonchev–Trinajstić information content (AvgIpc) is 3.14. The highest BCUT2D eigenvalue weighted by molar-refractivity contribution is 8.00. The van der Waals surface area contributed by atoms with Crippen molar-refractivity contribution in [1.82, 2.24) is 4.90 Å². The lowest BCUT2D eigenvalue weighted by atomic mass is 9.53. The Hall–Kier alpha value is -1.33. The Balaban J connectivity index is 1.38. The van der Waals surface area contributed by atoms with Gasteiger partial charge in [-0.25, -0.2) is 0 Å². The number of piperidine rings is 1. The minimum absolute atomic E-state index is 0.153. The van der Waals surface area contributed by atoms with Crippen LogP contribution in [0.5, 0.6) is 11.5 Å². The zero-order valence-corrected chi connectivity index (χ0v) is 18.6. The Morgan fingerprint density at radius 3 is 2.75 bits per heavy atom. The van der Waals surface area contributed by atoms with Crippen LogP contribution < -0.4 is 4.74 Å². The van der Waals surface area contributed by atoms with Gasteiger partial charge in [0, 0.05) is 22.9 Å². The Morgan fingerprint density at radius 2 is 1.97 bits per heavy atom. The lowest BCUT2D eigenvalue weighted by Crippen LogP contribution is -2.65. The summed E-state index contributed by atoms with van der Waals surface area (Å²) in [6.07, 6.45) is 0.880. The average molecular weight is 464 g/mol. The topological polar surface area (TPSA) is 123 Å². The van der Waals surface area contributed by atoms with Gasteiger partial charge in [-0.05, 0) is 38.1 Å². The quantitative estimate of drug-likeness (QED) is 0.386. The molecule has 10 atom stereocenters. The highest BCUT2D eigenvalue weighted by Crippen LogP contribution is 2.63. The Bertz CT molecular complexity index is 957. The monoisotopic (exact) mass is 463 g/mol. The van der Waals surface area contributed by atoms with Crippen molar-refractivity contribution >= 4 is 11.8 Å². The van der Waals surface area contributed by atoms with Gasteiger partial charge in [0.05, 0.1) is 11.9 Å². The van der Waals surface area contributed by atoms with Gasteiger partial charge in [0.2, 0.25) is 0 Å². The number of rotatable bonds is 3. The third-order valence-electron chi connectivity index (χ3n) is 8.27. The van der Waals surface area contributed by atoms with E-state index >= 15 is 0 Å². The Kier molecular flexibility index (Phi) is 4.86. The van der Waals surface area contributed by atoms with E-state index in [2.05, 4.69) is 24.1 Å². The van der Waals surface area contributed by atoms with Crippen LogP contribution in [-0.4, -0.2) is 97.9 Å². The first kappa shape index (κ1) is 21.2. The zero-order valence-electron chi connectivity index (χ0n) is 17.7. The maximum atomic E-state index is 10.6. The van der Waals surface area contributed by atoms with Crippen LogP contribution in [0, 0.1) is 5.92 Å². The van der Waals surface area contributed by atoms with Gasteiger partial charge >= 0.3 is 0 Å². The second kappa shape index (κ2) is 7.33. The van der Waals surface area contributed by atoms with Gasteiger partial charge in [-0.1, -0.05) is 18.2 Å². The molecule has 0 aromatic heterocycles. The summed E-state index contributed by atoms with van der Waals surface area (Å²) < 4.78 is 12.3. The van der Waals surface area contributed by atoms with Crippen LogP contribution in [0.25, 0.3) is 0 Å². The number of benzene rings is 1. The number of phenolic OH excluding ortho intramolecular Hbond substituents is 1. The van der Waals surface area contributed by atoms with Crippen LogP contribution in [0.4, 0.5) is 0 Å². The van der Waals surface area contributed by atoms with Crippen molar-refractivity contribution in [2.75, 3.05) is 20.2 Å². The largest absolute Gasteiger partial charge is 0.504 e. The van der Waals surface area contributed by atoms with Crippen molar-refractivity contribution < 1.29 is 35.0 Å². The predicted molar refractivity (Wildman–Crippen MR) is 117 cm³/mol. The first-order chi connectivity index (χ1) is 15.4. The highest BCUT2D eigenvalue weighted by atomic mass is 32.2. The van der Waals surface area contributed by atoms with E-state index in [1.165, 1.54) is 17.3 Å². The molecule has 174 valence electrons. The second-order valence-electron chi connectivity index (χ2n) is 9.74. The molecule has 0 unspecified atom stereocenters. The van der Waals surface area contributed by atoms with Crippen molar-refractivity contribution in [1.29, 1.82) is 0 Å². The standard InChI is InChI=1S/C23H29NO7S/c1-24-7-6-23-11-3-5-15(32-22-19(29)18(28)17(27)14(9-25)30-22)21(23)31-20-13(26)4-2-10(16(20)23)8-12(11)24/h2-5,11-12,14-15,17-19,21-22,25-29H,6-9H2,1H3/t11-,12+,14+,15+,17+,18-,19+,21-,22-,23-/m0/s1. The number of nitrogens with zero attached hydrogens (tertiary/aromatic N) is 1. The summed E-state index contributed by atoms with van der Waals surface area (Å²) in [5.41, 5.74) is 1.25. The van der Waals surface area contributed by atoms with E-state index in [1.807, 2.05) is 6.07 Å². The molecule has 5 aliphatic rings. The molecule has 3 aliphatic heterocycles. The van der Waals surface area contributed by atoms with Gasteiger partial charge in [0.1, 0.15) is 36.0 Å². The van der Waals surface area contributed by atoms with Gasteiger partial charge in [0.15, 0.2) is 11.5 Å². The molecule has 1 spiro atoms. The number of aliphatic hydroxyl groups excluding tert-OH is 4. The molecule has 2 fully saturated rings.